The van der Waals surface area contributed by atoms with Gasteiger partial charge in [-0.25, -0.2) is 0 Å². The van der Waals surface area contributed by atoms with E-state index in [1.54, 1.807) is 12.1 Å². The third kappa shape index (κ3) is 2.83. The van der Waals surface area contributed by atoms with Crippen molar-refractivity contribution in [2.45, 2.75) is 6.92 Å². The van der Waals surface area contributed by atoms with E-state index in [1.807, 2.05) is 19.1 Å². The summed E-state index contributed by atoms with van der Waals surface area (Å²) >= 11 is 5.82. The predicted molar refractivity (Wildman–Crippen MR) is 64.9 cm³/mol. The molecule has 0 aliphatic heterocycles. The summed E-state index contributed by atoms with van der Waals surface area (Å²) in [7, 11) is 0. The normalized spacial score (nSPS) is 9.73. The fourth-order valence-corrected chi connectivity index (χ4v) is 1.64. The Morgan fingerprint density at radius 3 is 2.80 bits per heavy atom. The van der Waals surface area contributed by atoms with Crippen LogP contribution < -0.4 is 4.90 Å². The molecule has 0 unspecified atom stereocenters. The second-order valence-corrected chi connectivity index (χ2v) is 3.58. The second kappa shape index (κ2) is 5.56. The summed E-state index contributed by atoms with van der Waals surface area (Å²) in [6, 6.07) is 5.32. The molecular formula is C12H14ClNO. The Bertz CT molecular complexity index is 363. The minimum absolute atomic E-state index is 0.579. The maximum absolute atomic E-state index is 10.9. The summed E-state index contributed by atoms with van der Waals surface area (Å²) in [6.45, 7) is 7.27. The largest absolute Gasteiger partial charge is 0.368 e. The first-order valence-electron chi connectivity index (χ1n) is 4.83. The van der Waals surface area contributed by atoms with Gasteiger partial charge in [0.1, 0.15) is 0 Å². The Hall–Kier alpha value is -1.28. The monoisotopic (exact) mass is 223 g/mol. The van der Waals surface area contributed by atoms with Gasteiger partial charge in [0.25, 0.3) is 0 Å². The van der Waals surface area contributed by atoms with Gasteiger partial charge in [0.05, 0.1) is 0 Å². The Labute approximate surface area is 95.2 Å². The summed E-state index contributed by atoms with van der Waals surface area (Å²) in [5, 5.41) is 0.579. The molecule has 1 aromatic carbocycles. The number of nitrogens with zero attached hydrogens (tertiary/aromatic N) is 1. The lowest BCUT2D eigenvalue weighted by molar-refractivity contribution is 0.112. The predicted octanol–water partition coefficient (Wildman–Crippen LogP) is 3.16. The number of likely N-dealkylation sites (N-methyl/N-ethyl adjacent to an activating group) is 1. The fraction of sp³-hybridized carbons (Fsp3) is 0.250. The zero-order valence-corrected chi connectivity index (χ0v) is 9.50. The van der Waals surface area contributed by atoms with Crippen LogP contribution in [-0.2, 0) is 0 Å². The lowest BCUT2D eigenvalue weighted by Gasteiger charge is -2.22. The molecule has 0 aromatic heterocycles. The molecule has 0 radical (unpaired) electrons. The van der Waals surface area contributed by atoms with Crippen molar-refractivity contribution in [1.29, 1.82) is 0 Å². The van der Waals surface area contributed by atoms with Crippen LogP contribution in [0.4, 0.5) is 5.69 Å². The van der Waals surface area contributed by atoms with Crippen molar-refractivity contribution in [3.63, 3.8) is 0 Å². The molecule has 15 heavy (non-hydrogen) atoms. The van der Waals surface area contributed by atoms with Gasteiger partial charge in [-0.1, -0.05) is 17.7 Å². The summed E-state index contributed by atoms with van der Waals surface area (Å²) < 4.78 is 0. The van der Waals surface area contributed by atoms with Gasteiger partial charge < -0.3 is 4.90 Å². The smallest absolute Gasteiger partial charge is 0.152 e. The average Bonchev–Trinajstić information content (AvgIpc) is 2.26. The number of hydrogen-bond donors (Lipinski definition) is 0. The summed E-state index contributed by atoms with van der Waals surface area (Å²) in [5.41, 5.74) is 1.52. The number of rotatable bonds is 5. The second-order valence-electron chi connectivity index (χ2n) is 3.15. The maximum Gasteiger partial charge on any atom is 0.152 e. The molecule has 0 saturated carbocycles. The average molecular weight is 224 g/mol. The summed E-state index contributed by atoms with van der Waals surface area (Å²) in [4.78, 5) is 13.0. The van der Waals surface area contributed by atoms with Crippen LogP contribution in [0.25, 0.3) is 0 Å². The highest BCUT2D eigenvalue weighted by Gasteiger charge is 2.08. The van der Waals surface area contributed by atoms with Gasteiger partial charge in [-0.3, -0.25) is 4.79 Å². The zero-order valence-electron chi connectivity index (χ0n) is 8.74. The number of carbonyl (C=O) groups is 1. The highest BCUT2D eigenvalue weighted by Crippen LogP contribution is 2.22. The molecule has 0 amide bonds. The quantitative estimate of drug-likeness (QED) is 0.565. The van der Waals surface area contributed by atoms with Crippen LogP contribution in [0.2, 0.25) is 5.02 Å². The fourth-order valence-electron chi connectivity index (χ4n) is 1.46. The van der Waals surface area contributed by atoms with E-state index in [-0.39, 0.29) is 0 Å². The van der Waals surface area contributed by atoms with Gasteiger partial charge >= 0.3 is 0 Å². The molecule has 0 saturated heterocycles. The van der Waals surface area contributed by atoms with Gasteiger partial charge in [-0.2, -0.15) is 0 Å². The maximum atomic E-state index is 10.9. The highest BCUT2D eigenvalue weighted by molar-refractivity contribution is 6.31. The van der Waals surface area contributed by atoms with Crippen LogP contribution in [-0.4, -0.2) is 19.4 Å². The van der Waals surface area contributed by atoms with Gasteiger partial charge in [-0.15, -0.1) is 6.58 Å². The summed E-state index contributed by atoms with van der Waals surface area (Å²) in [5.74, 6) is 0. The Morgan fingerprint density at radius 1 is 1.53 bits per heavy atom. The van der Waals surface area contributed by atoms with Crippen LogP contribution in [0.3, 0.4) is 0 Å². The van der Waals surface area contributed by atoms with E-state index in [4.69, 9.17) is 11.6 Å². The molecule has 1 rings (SSSR count). The Balaban J connectivity index is 3.10. The van der Waals surface area contributed by atoms with Gasteiger partial charge in [0.15, 0.2) is 6.29 Å². The molecule has 80 valence electrons. The first kappa shape index (κ1) is 11.8. The van der Waals surface area contributed by atoms with Crippen molar-refractivity contribution >= 4 is 23.6 Å². The number of halogens is 1. The van der Waals surface area contributed by atoms with Crippen molar-refractivity contribution in [1.82, 2.24) is 0 Å². The van der Waals surface area contributed by atoms with E-state index < -0.39 is 0 Å². The minimum atomic E-state index is 0.579. The molecule has 0 N–H and O–H groups in total. The number of aldehydes is 1. The van der Waals surface area contributed by atoms with Crippen molar-refractivity contribution in [3.8, 4) is 0 Å². The lowest BCUT2D eigenvalue weighted by Crippen LogP contribution is -2.23. The Kier molecular flexibility index (Phi) is 4.37. The minimum Gasteiger partial charge on any atom is -0.368 e. The third-order valence-corrected chi connectivity index (χ3v) is 2.42. The van der Waals surface area contributed by atoms with Crippen molar-refractivity contribution in [2.75, 3.05) is 18.0 Å². The standard InChI is InChI=1S/C12H14ClNO/c1-3-7-14(4-2)12-6-5-11(13)8-10(12)9-15/h3,5-6,8-9H,1,4,7H2,2H3. The van der Waals surface area contributed by atoms with Crippen LogP contribution in [0.1, 0.15) is 17.3 Å². The van der Waals surface area contributed by atoms with Crippen LogP contribution in [0.5, 0.6) is 0 Å². The molecular weight excluding hydrogens is 210 g/mol. The van der Waals surface area contributed by atoms with Crippen LogP contribution >= 0.6 is 11.6 Å². The van der Waals surface area contributed by atoms with E-state index in [0.29, 0.717) is 10.6 Å². The molecule has 1 aromatic rings. The summed E-state index contributed by atoms with van der Waals surface area (Å²) in [6.07, 6.45) is 2.64. The Morgan fingerprint density at radius 2 is 2.27 bits per heavy atom. The van der Waals surface area contributed by atoms with E-state index in [9.17, 15) is 4.79 Å². The highest BCUT2D eigenvalue weighted by atomic mass is 35.5. The first-order chi connectivity index (χ1) is 7.22. The van der Waals surface area contributed by atoms with Gasteiger partial charge in [0.2, 0.25) is 0 Å². The molecule has 0 bridgehead atoms. The number of anilines is 1. The number of carbonyl (C=O) groups excluding carboxylic acids is 1. The molecule has 0 atom stereocenters. The lowest BCUT2D eigenvalue weighted by atomic mass is 10.1. The molecule has 0 spiro atoms. The number of hydrogen-bond acceptors (Lipinski definition) is 2. The van der Waals surface area contributed by atoms with Crippen molar-refractivity contribution in [2.24, 2.45) is 0 Å². The van der Waals surface area contributed by atoms with Crippen molar-refractivity contribution in [3.05, 3.63) is 41.4 Å². The topological polar surface area (TPSA) is 20.3 Å². The van der Waals surface area contributed by atoms with Gasteiger partial charge in [-0.05, 0) is 25.1 Å². The van der Waals surface area contributed by atoms with Crippen LogP contribution in [0, 0.1) is 0 Å². The van der Waals surface area contributed by atoms with Gasteiger partial charge in [0, 0.05) is 29.4 Å². The van der Waals surface area contributed by atoms with Crippen LogP contribution in [0.15, 0.2) is 30.9 Å². The molecule has 0 aliphatic rings. The SMILES string of the molecule is C=CCN(CC)c1ccc(Cl)cc1C=O. The first-order valence-corrected chi connectivity index (χ1v) is 5.21. The number of benzene rings is 1. The van der Waals surface area contributed by atoms with Crippen molar-refractivity contribution < 1.29 is 4.79 Å². The molecule has 3 heteroatoms. The zero-order chi connectivity index (χ0) is 11.3. The molecule has 0 fully saturated rings. The molecule has 2 nitrogen and oxygen atoms in total. The molecule has 0 aliphatic carbocycles. The molecule has 0 heterocycles. The third-order valence-electron chi connectivity index (χ3n) is 2.19. The van der Waals surface area contributed by atoms with E-state index in [0.717, 1.165) is 25.1 Å². The van der Waals surface area contributed by atoms with E-state index in [1.165, 1.54) is 0 Å². The van der Waals surface area contributed by atoms with E-state index >= 15 is 0 Å². The van der Waals surface area contributed by atoms with E-state index in [2.05, 4.69) is 11.5 Å².